The summed E-state index contributed by atoms with van der Waals surface area (Å²) in [5, 5.41) is 5.97. The van der Waals surface area contributed by atoms with E-state index < -0.39 is 0 Å². The fourth-order valence-corrected chi connectivity index (χ4v) is 3.70. The summed E-state index contributed by atoms with van der Waals surface area (Å²) < 4.78 is 11.5. The number of anilines is 1. The minimum atomic E-state index is -0.285. The number of carbonyl (C=O) groups excluding carboxylic acids is 1. The van der Waals surface area contributed by atoms with E-state index in [2.05, 4.69) is 34.7 Å². The third-order valence-corrected chi connectivity index (χ3v) is 5.39. The highest BCUT2D eigenvalue weighted by atomic mass is 32.1. The molecule has 0 aliphatic carbocycles. The van der Waals surface area contributed by atoms with Crippen molar-refractivity contribution in [3.8, 4) is 5.75 Å². The van der Waals surface area contributed by atoms with Crippen LogP contribution in [0.4, 0.5) is 5.69 Å². The molecule has 174 valence electrons. The van der Waals surface area contributed by atoms with Crippen LogP contribution in [0.3, 0.4) is 0 Å². The molecule has 0 aliphatic rings. The summed E-state index contributed by atoms with van der Waals surface area (Å²) in [5.41, 5.74) is 5.26. The second-order valence-electron chi connectivity index (χ2n) is 8.24. The van der Waals surface area contributed by atoms with Crippen LogP contribution in [-0.4, -0.2) is 22.1 Å². The number of benzene rings is 3. The van der Waals surface area contributed by atoms with Crippen LogP contribution in [0.15, 0.2) is 71.1 Å². The highest BCUT2D eigenvalue weighted by Crippen LogP contribution is 2.20. The Morgan fingerprint density at radius 3 is 2.41 bits per heavy atom. The molecule has 34 heavy (non-hydrogen) atoms. The van der Waals surface area contributed by atoms with Crippen molar-refractivity contribution in [2.45, 2.75) is 39.7 Å². The van der Waals surface area contributed by atoms with Gasteiger partial charge < -0.3 is 14.5 Å². The maximum absolute atomic E-state index is 12.5. The number of aryl methyl sites for hydroxylation is 1. The molecule has 0 saturated heterocycles. The van der Waals surface area contributed by atoms with E-state index in [4.69, 9.17) is 21.4 Å². The molecule has 0 unspecified atom stereocenters. The Morgan fingerprint density at radius 1 is 1.03 bits per heavy atom. The number of nitrogens with one attached hydrogen (secondary N) is 2. The number of oxazole rings is 1. The molecule has 6 nitrogen and oxygen atoms in total. The summed E-state index contributed by atoms with van der Waals surface area (Å²) in [6.07, 6.45) is 1.63. The molecule has 7 heteroatoms. The van der Waals surface area contributed by atoms with Gasteiger partial charge >= 0.3 is 0 Å². The lowest BCUT2D eigenvalue weighted by molar-refractivity contribution is 0.0977. The largest absolute Gasteiger partial charge is 0.491 e. The van der Waals surface area contributed by atoms with Crippen molar-refractivity contribution in [2.75, 3.05) is 5.32 Å². The lowest BCUT2D eigenvalue weighted by atomic mass is 10.1. The van der Waals surface area contributed by atoms with Gasteiger partial charge in [-0.1, -0.05) is 25.1 Å². The van der Waals surface area contributed by atoms with E-state index in [-0.39, 0.29) is 17.1 Å². The fraction of sp³-hybridized carbons (Fsp3) is 0.222. The van der Waals surface area contributed by atoms with Crippen molar-refractivity contribution in [1.82, 2.24) is 10.3 Å². The molecular formula is C27H27N3O3S. The first-order valence-corrected chi connectivity index (χ1v) is 11.7. The van der Waals surface area contributed by atoms with Gasteiger partial charge in [-0.2, -0.15) is 0 Å². The van der Waals surface area contributed by atoms with Crippen molar-refractivity contribution in [2.24, 2.45) is 0 Å². The summed E-state index contributed by atoms with van der Waals surface area (Å²) in [4.78, 5) is 17.1. The van der Waals surface area contributed by atoms with Gasteiger partial charge in [0, 0.05) is 17.7 Å². The second-order valence-corrected chi connectivity index (χ2v) is 8.64. The molecule has 0 radical (unpaired) electrons. The number of amides is 1. The quantitative estimate of drug-likeness (QED) is 0.326. The monoisotopic (exact) mass is 473 g/mol. The summed E-state index contributed by atoms with van der Waals surface area (Å²) >= 11 is 5.30. The molecule has 2 N–H and O–H groups in total. The van der Waals surface area contributed by atoms with Crippen LogP contribution in [0.2, 0.25) is 0 Å². The van der Waals surface area contributed by atoms with Crippen molar-refractivity contribution < 1.29 is 13.9 Å². The number of aromatic nitrogens is 1. The molecule has 0 saturated carbocycles. The van der Waals surface area contributed by atoms with Crippen molar-refractivity contribution >= 4 is 40.0 Å². The molecular weight excluding hydrogens is 446 g/mol. The van der Waals surface area contributed by atoms with E-state index in [0.29, 0.717) is 17.9 Å². The number of nitrogens with zero attached hydrogens (tertiary/aromatic N) is 1. The zero-order valence-electron chi connectivity index (χ0n) is 19.4. The summed E-state index contributed by atoms with van der Waals surface area (Å²) in [6.45, 7) is 6.03. The smallest absolute Gasteiger partial charge is 0.257 e. The number of carbonyl (C=O) groups is 1. The standard InChI is InChI=1S/C27H27N3O3S/c1-4-18-7-14-24-23(15-18)29-25(33-24)16-19-5-10-21(11-6-19)28-27(34)30-26(31)20-8-12-22(13-9-20)32-17(2)3/h5-15,17H,4,16H2,1-3H3,(H2,28,30,31,34). The van der Waals surface area contributed by atoms with Gasteiger partial charge in [0.1, 0.15) is 11.3 Å². The van der Waals surface area contributed by atoms with E-state index in [0.717, 1.165) is 34.5 Å². The van der Waals surface area contributed by atoms with Crippen LogP contribution in [0, 0.1) is 0 Å². The summed E-state index contributed by atoms with van der Waals surface area (Å²) in [5.74, 6) is 1.11. The lowest BCUT2D eigenvalue weighted by Crippen LogP contribution is -2.34. The zero-order valence-corrected chi connectivity index (χ0v) is 20.2. The van der Waals surface area contributed by atoms with Crippen molar-refractivity contribution in [3.63, 3.8) is 0 Å². The van der Waals surface area contributed by atoms with E-state index in [1.54, 1.807) is 24.3 Å². The van der Waals surface area contributed by atoms with Crippen LogP contribution in [0.1, 0.15) is 48.1 Å². The van der Waals surface area contributed by atoms with Gasteiger partial charge in [-0.15, -0.1) is 0 Å². The van der Waals surface area contributed by atoms with E-state index in [1.807, 2.05) is 44.2 Å². The number of hydrogen-bond acceptors (Lipinski definition) is 5. The first-order chi connectivity index (χ1) is 16.4. The molecule has 4 aromatic rings. The molecule has 0 fully saturated rings. The third-order valence-electron chi connectivity index (χ3n) is 5.19. The van der Waals surface area contributed by atoms with Crippen LogP contribution in [0.25, 0.3) is 11.1 Å². The van der Waals surface area contributed by atoms with Crippen LogP contribution in [0.5, 0.6) is 5.75 Å². The lowest BCUT2D eigenvalue weighted by Gasteiger charge is -2.11. The van der Waals surface area contributed by atoms with Crippen LogP contribution >= 0.6 is 12.2 Å². The average molecular weight is 474 g/mol. The Balaban J connectivity index is 1.32. The van der Waals surface area contributed by atoms with Gasteiger partial charge in [-0.25, -0.2) is 4.98 Å². The molecule has 1 amide bonds. The maximum Gasteiger partial charge on any atom is 0.257 e. The summed E-state index contributed by atoms with van der Waals surface area (Å²) in [6, 6.07) is 20.8. The molecule has 0 bridgehead atoms. The number of ether oxygens (including phenoxy) is 1. The van der Waals surface area contributed by atoms with Gasteiger partial charge in [0.25, 0.3) is 5.91 Å². The average Bonchev–Trinajstić information content (AvgIpc) is 3.21. The molecule has 1 aromatic heterocycles. The Hall–Kier alpha value is -3.71. The minimum Gasteiger partial charge on any atom is -0.491 e. The number of rotatable bonds is 7. The van der Waals surface area contributed by atoms with E-state index in [1.165, 1.54) is 5.56 Å². The molecule has 1 heterocycles. The topological polar surface area (TPSA) is 76.4 Å². The second kappa shape index (κ2) is 10.5. The highest BCUT2D eigenvalue weighted by Gasteiger charge is 2.10. The Labute approximate surface area is 204 Å². The third kappa shape index (κ3) is 5.99. The van der Waals surface area contributed by atoms with Gasteiger partial charge in [0.2, 0.25) is 0 Å². The predicted molar refractivity (Wildman–Crippen MR) is 139 cm³/mol. The predicted octanol–water partition coefficient (Wildman–Crippen LogP) is 5.90. The van der Waals surface area contributed by atoms with E-state index >= 15 is 0 Å². The molecule has 3 aromatic carbocycles. The Kier molecular flexibility index (Phi) is 7.23. The zero-order chi connectivity index (χ0) is 24.1. The maximum atomic E-state index is 12.5. The highest BCUT2D eigenvalue weighted by molar-refractivity contribution is 7.80. The van der Waals surface area contributed by atoms with Gasteiger partial charge in [-0.05, 0) is 92.1 Å². The summed E-state index contributed by atoms with van der Waals surface area (Å²) in [7, 11) is 0. The molecule has 0 aliphatic heterocycles. The van der Waals surface area contributed by atoms with Gasteiger partial charge in [0.15, 0.2) is 16.6 Å². The number of hydrogen-bond donors (Lipinski definition) is 2. The van der Waals surface area contributed by atoms with Gasteiger partial charge in [-0.3, -0.25) is 10.1 Å². The number of thiocarbonyl (C=S) groups is 1. The van der Waals surface area contributed by atoms with Crippen LogP contribution in [-0.2, 0) is 12.8 Å². The first-order valence-electron chi connectivity index (χ1n) is 11.3. The van der Waals surface area contributed by atoms with Crippen molar-refractivity contribution in [3.05, 3.63) is 89.3 Å². The minimum absolute atomic E-state index is 0.0758. The number of fused-ring (bicyclic) bond motifs is 1. The molecule has 0 spiro atoms. The SMILES string of the molecule is CCc1ccc2oc(Cc3ccc(NC(=S)NC(=O)c4ccc(OC(C)C)cc4)cc3)nc2c1. The Bertz CT molecular complexity index is 1300. The first kappa shape index (κ1) is 23.4. The van der Waals surface area contributed by atoms with E-state index in [9.17, 15) is 4.79 Å². The van der Waals surface area contributed by atoms with Gasteiger partial charge in [0.05, 0.1) is 6.10 Å². The molecule has 4 rings (SSSR count). The normalized spacial score (nSPS) is 10.9. The Morgan fingerprint density at radius 2 is 1.74 bits per heavy atom. The fourth-order valence-electron chi connectivity index (χ4n) is 3.49. The van der Waals surface area contributed by atoms with Crippen molar-refractivity contribution in [1.29, 1.82) is 0 Å². The molecule has 0 atom stereocenters. The van der Waals surface area contributed by atoms with Crippen LogP contribution < -0.4 is 15.4 Å².